The zero-order valence-electron chi connectivity index (χ0n) is 11.2. The van der Waals surface area contributed by atoms with Crippen LogP contribution in [0, 0.1) is 0 Å². The third-order valence-electron chi connectivity index (χ3n) is 3.17. The number of nitrogens with one attached hydrogen (secondary N) is 1. The Balaban J connectivity index is 1.82. The van der Waals surface area contributed by atoms with Gasteiger partial charge in [0.15, 0.2) is 9.84 Å². The van der Waals surface area contributed by atoms with E-state index in [4.69, 9.17) is 5.73 Å². The van der Waals surface area contributed by atoms with Crippen LogP contribution in [-0.4, -0.2) is 50.5 Å². The number of aromatic nitrogens is 5. The molecule has 0 spiro atoms. The maximum atomic E-state index is 11.6. The van der Waals surface area contributed by atoms with Crippen LogP contribution in [0.25, 0.3) is 5.95 Å². The molecule has 0 radical (unpaired) electrons. The first-order valence-electron chi connectivity index (χ1n) is 6.49. The van der Waals surface area contributed by atoms with Gasteiger partial charge < -0.3 is 11.1 Å². The molecule has 1 aliphatic rings. The van der Waals surface area contributed by atoms with Crippen molar-refractivity contribution in [3.8, 4) is 5.95 Å². The third kappa shape index (κ3) is 3.27. The maximum Gasteiger partial charge on any atom is 0.241 e. The number of rotatable bonds is 3. The van der Waals surface area contributed by atoms with Crippen molar-refractivity contribution >= 4 is 21.7 Å². The van der Waals surface area contributed by atoms with Crippen LogP contribution in [0.4, 0.5) is 11.9 Å². The SMILES string of the molecule is Nc1nc(NC2CCCS(=O)(=O)C2)nc(-n2ccnc2)n1. The van der Waals surface area contributed by atoms with Gasteiger partial charge in [0, 0.05) is 18.4 Å². The molecule has 112 valence electrons. The molecule has 1 unspecified atom stereocenters. The summed E-state index contributed by atoms with van der Waals surface area (Å²) in [6, 6.07) is -0.207. The number of anilines is 2. The third-order valence-corrected chi connectivity index (χ3v) is 4.99. The molecule has 9 nitrogen and oxygen atoms in total. The number of imidazole rings is 1. The van der Waals surface area contributed by atoms with Gasteiger partial charge in [0.05, 0.1) is 11.5 Å². The predicted octanol–water partition coefficient (Wildman–Crippen LogP) is -0.371. The lowest BCUT2D eigenvalue weighted by molar-refractivity contribution is 0.561. The Labute approximate surface area is 121 Å². The molecule has 2 aromatic heterocycles. The zero-order chi connectivity index (χ0) is 14.9. The van der Waals surface area contributed by atoms with Gasteiger partial charge in [0.2, 0.25) is 17.8 Å². The van der Waals surface area contributed by atoms with Crippen molar-refractivity contribution in [3.63, 3.8) is 0 Å². The smallest absolute Gasteiger partial charge is 0.241 e. The van der Waals surface area contributed by atoms with Crippen LogP contribution >= 0.6 is 0 Å². The maximum absolute atomic E-state index is 11.6. The zero-order valence-corrected chi connectivity index (χ0v) is 12.0. The Kier molecular flexibility index (Phi) is 3.45. The fraction of sp³-hybridized carbons (Fsp3) is 0.455. The standard InChI is InChI=1S/C11H15N7O2S/c12-9-15-10(14-8-2-1-5-21(19,20)6-8)17-11(16-9)18-4-3-13-7-18/h3-4,7-8H,1-2,5-6H2,(H3,12,14,15,16,17). The van der Waals surface area contributed by atoms with Crippen molar-refractivity contribution in [1.82, 2.24) is 24.5 Å². The van der Waals surface area contributed by atoms with Gasteiger partial charge in [0.1, 0.15) is 6.33 Å². The van der Waals surface area contributed by atoms with E-state index >= 15 is 0 Å². The molecule has 3 rings (SSSR count). The Morgan fingerprint density at radius 3 is 2.90 bits per heavy atom. The van der Waals surface area contributed by atoms with Gasteiger partial charge in [-0.1, -0.05) is 0 Å². The molecule has 0 aliphatic carbocycles. The van der Waals surface area contributed by atoms with Gasteiger partial charge in [-0.05, 0) is 12.8 Å². The summed E-state index contributed by atoms with van der Waals surface area (Å²) in [4.78, 5) is 16.2. The van der Waals surface area contributed by atoms with Gasteiger partial charge in [-0.25, -0.2) is 13.4 Å². The van der Waals surface area contributed by atoms with Crippen LogP contribution in [0.15, 0.2) is 18.7 Å². The fourth-order valence-electron chi connectivity index (χ4n) is 2.26. The van der Waals surface area contributed by atoms with E-state index in [9.17, 15) is 8.42 Å². The average molecular weight is 309 g/mol. The van der Waals surface area contributed by atoms with E-state index < -0.39 is 9.84 Å². The minimum absolute atomic E-state index is 0.0647. The molecule has 10 heteroatoms. The molecule has 21 heavy (non-hydrogen) atoms. The van der Waals surface area contributed by atoms with Crippen LogP contribution in [-0.2, 0) is 9.84 Å². The first-order valence-corrected chi connectivity index (χ1v) is 8.31. The summed E-state index contributed by atoms with van der Waals surface area (Å²) >= 11 is 0. The van der Waals surface area contributed by atoms with Gasteiger partial charge >= 0.3 is 0 Å². The number of hydrogen-bond donors (Lipinski definition) is 2. The summed E-state index contributed by atoms with van der Waals surface area (Å²) in [5, 5.41) is 3.02. The molecular weight excluding hydrogens is 294 g/mol. The van der Waals surface area contributed by atoms with Gasteiger partial charge in [0.25, 0.3) is 0 Å². The van der Waals surface area contributed by atoms with Gasteiger partial charge in [-0.15, -0.1) is 0 Å². The highest BCUT2D eigenvalue weighted by Gasteiger charge is 2.25. The lowest BCUT2D eigenvalue weighted by atomic mass is 10.2. The summed E-state index contributed by atoms with van der Waals surface area (Å²) in [5.74, 6) is 0.994. The van der Waals surface area contributed by atoms with E-state index in [1.165, 1.54) is 0 Å². The van der Waals surface area contributed by atoms with Crippen molar-refractivity contribution in [2.45, 2.75) is 18.9 Å². The minimum atomic E-state index is -3.00. The van der Waals surface area contributed by atoms with E-state index in [0.29, 0.717) is 12.4 Å². The first-order chi connectivity index (χ1) is 10.0. The summed E-state index contributed by atoms with van der Waals surface area (Å²) in [5.41, 5.74) is 5.67. The predicted molar refractivity (Wildman–Crippen MR) is 76.7 cm³/mol. The second-order valence-electron chi connectivity index (χ2n) is 4.89. The Hall–Kier alpha value is -2.23. The number of sulfone groups is 1. The molecule has 1 fully saturated rings. The molecule has 0 bridgehead atoms. The second-order valence-corrected chi connectivity index (χ2v) is 7.11. The minimum Gasteiger partial charge on any atom is -0.368 e. The molecule has 0 saturated carbocycles. The summed E-state index contributed by atoms with van der Waals surface area (Å²) in [6.45, 7) is 0. The molecule has 1 aliphatic heterocycles. The van der Waals surface area contributed by atoms with E-state index in [1.54, 1.807) is 23.3 Å². The highest BCUT2D eigenvalue weighted by molar-refractivity contribution is 7.91. The average Bonchev–Trinajstić information content (AvgIpc) is 2.90. The van der Waals surface area contributed by atoms with Crippen LogP contribution in [0.5, 0.6) is 0 Å². The lowest BCUT2D eigenvalue weighted by Crippen LogP contribution is -2.35. The van der Waals surface area contributed by atoms with E-state index in [0.717, 1.165) is 6.42 Å². The van der Waals surface area contributed by atoms with E-state index in [-0.39, 0.29) is 29.4 Å². The monoisotopic (exact) mass is 309 g/mol. The van der Waals surface area contributed by atoms with E-state index in [2.05, 4.69) is 25.3 Å². The molecule has 0 amide bonds. The Morgan fingerprint density at radius 2 is 2.19 bits per heavy atom. The summed E-state index contributed by atoms with van der Waals surface area (Å²) in [7, 11) is -3.00. The highest BCUT2D eigenvalue weighted by Crippen LogP contribution is 2.16. The number of hydrogen-bond acceptors (Lipinski definition) is 8. The van der Waals surface area contributed by atoms with E-state index in [1.807, 2.05) is 0 Å². The molecule has 1 saturated heterocycles. The highest BCUT2D eigenvalue weighted by atomic mass is 32.2. The van der Waals surface area contributed by atoms with Crippen molar-refractivity contribution in [3.05, 3.63) is 18.7 Å². The van der Waals surface area contributed by atoms with Crippen molar-refractivity contribution in [2.24, 2.45) is 0 Å². The van der Waals surface area contributed by atoms with Crippen molar-refractivity contribution in [1.29, 1.82) is 0 Å². The topological polar surface area (TPSA) is 129 Å². The summed E-state index contributed by atoms with van der Waals surface area (Å²) < 4.78 is 24.9. The van der Waals surface area contributed by atoms with Crippen LogP contribution in [0.1, 0.15) is 12.8 Å². The molecule has 3 heterocycles. The number of nitrogens with zero attached hydrogens (tertiary/aromatic N) is 5. The van der Waals surface area contributed by atoms with Crippen LogP contribution in [0.3, 0.4) is 0 Å². The molecular formula is C11H15N7O2S. The van der Waals surface area contributed by atoms with Gasteiger partial charge in [-0.3, -0.25) is 4.57 Å². The fourth-order valence-corrected chi connectivity index (χ4v) is 3.89. The Morgan fingerprint density at radius 1 is 1.33 bits per heavy atom. The van der Waals surface area contributed by atoms with Crippen LogP contribution in [0.2, 0.25) is 0 Å². The lowest BCUT2D eigenvalue weighted by Gasteiger charge is -2.23. The largest absolute Gasteiger partial charge is 0.368 e. The molecule has 1 atom stereocenters. The second kappa shape index (κ2) is 5.28. The molecule has 0 aromatic carbocycles. The van der Waals surface area contributed by atoms with Gasteiger partial charge in [-0.2, -0.15) is 15.0 Å². The molecule has 3 N–H and O–H groups in total. The Bertz CT molecular complexity index is 729. The van der Waals surface area contributed by atoms with Crippen molar-refractivity contribution in [2.75, 3.05) is 22.6 Å². The first kappa shape index (κ1) is 13.7. The molecule has 2 aromatic rings. The number of nitrogens with two attached hydrogens (primary N) is 1. The normalized spacial score (nSPS) is 21.0. The van der Waals surface area contributed by atoms with Crippen LogP contribution < -0.4 is 11.1 Å². The quantitative estimate of drug-likeness (QED) is 0.785. The summed E-state index contributed by atoms with van der Waals surface area (Å²) in [6.07, 6.45) is 6.22. The van der Waals surface area contributed by atoms with Crippen molar-refractivity contribution < 1.29 is 8.42 Å². The number of nitrogen functional groups attached to an aromatic ring is 1.